The molecule has 0 N–H and O–H groups in total. The molecule has 0 amide bonds. The lowest BCUT2D eigenvalue weighted by atomic mass is 10.0. The number of hydrogen-bond acceptors (Lipinski definition) is 3. The number of ether oxygens (including phenoxy) is 1. The molecule has 1 aliphatic heterocycles. The zero-order valence-corrected chi connectivity index (χ0v) is 15.2. The highest BCUT2D eigenvalue weighted by Crippen LogP contribution is 2.61. The fourth-order valence-corrected chi connectivity index (χ4v) is 5.69. The first-order valence-corrected chi connectivity index (χ1v) is 9.27. The van der Waals surface area contributed by atoms with Gasteiger partial charge in [-0.25, -0.2) is 4.67 Å². The molecule has 0 saturated carbocycles. The van der Waals surface area contributed by atoms with E-state index in [0.29, 0.717) is 18.5 Å². The lowest BCUT2D eigenvalue weighted by Gasteiger charge is -2.48. The Kier molecular flexibility index (Phi) is 5.88. The fraction of sp³-hybridized carbons (Fsp3) is 0.750. The van der Waals surface area contributed by atoms with E-state index in [2.05, 4.69) is 27.4 Å². The van der Waals surface area contributed by atoms with Gasteiger partial charge in [-0.15, -0.1) is 0 Å². The van der Waals surface area contributed by atoms with Crippen molar-refractivity contribution in [3.05, 3.63) is 24.5 Å². The minimum Gasteiger partial charge on any atom is -0.494 e. The summed E-state index contributed by atoms with van der Waals surface area (Å²) in [6, 6.07) is 0. The van der Waals surface area contributed by atoms with Gasteiger partial charge in [0.2, 0.25) is 0 Å². The molecule has 1 unspecified atom stereocenters. The lowest BCUT2D eigenvalue weighted by Crippen LogP contribution is -2.48. The van der Waals surface area contributed by atoms with Crippen LogP contribution in [0.4, 0.5) is 0 Å². The Balaban J connectivity index is 3.03. The van der Waals surface area contributed by atoms with Crippen molar-refractivity contribution in [1.29, 1.82) is 0 Å². The molecule has 0 spiro atoms. The van der Waals surface area contributed by atoms with Gasteiger partial charge in [-0.05, 0) is 54.0 Å². The summed E-state index contributed by atoms with van der Waals surface area (Å²) in [4.78, 5) is 0. The highest BCUT2D eigenvalue weighted by Gasteiger charge is 2.47. The summed E-state index contributed by atoms with van der Waals surface area (Å²) in [5.41, 5.74) is -0.572. The van der Waals surface area contributed by atoms with Crippen molar-refractivity contribution in [2.45, 2.75) is 59.1 Å². The van der Waals surface area contributed by atoms with Crippen molar-refractivity contribution < 1.29 is 13.8 Å². The lowest BCUT2D eigenvalue weighted by molar-refractivity contribution is 0.0308. The third kappa shape index (κ3) is 4.98. The highest BCUT2D eigenvalue weighted by molar-refractivity contribution is 7.56. The maximum atomic E-state index is 13.5. The molecule has 1 heterocycles. The van der Waals surface area contributed by atoms with Crippen LogP contribution in [0.3, 0.4) is 0 Å². The molecule has 21 heavy (non-hydrogen) atoms. The van der Waals surface area contributed by atoms with E-state index in [1.165, 1.54) is 0 Å². The van der Waals surface area contributed by atoms with Gasteiger partial charge in [0.1, 0.15) is 12.4 Å². The molecule has 5 heteroatoms. The predicted octanol–water partition coefficient (Wildman–Crippen LogP) is 4.59. The van der Waals surface area contributed by atoms with Gasteiger partial charge in [-0.3, -0.25) is 4.57 Å². The van der Waals surface area contributed by atoms with Crippen LogP contribution in [-0.2, 0) is 13.8 Å². The maximum absolute atomic E-state index is 13.5. The Morgan fingerprint density at radius 2 is 2.10 bits per heavy atom. The average molecular weight is 315 g/mol. The smallest absolute Gasteiger partial charge is 0.280 e. The zero-order chi connectivity index (χ0) is 16.3. The van der Waals surface area contributed by atoms with E-state index >= 15 is 0 Å². The molecule has 0 radical (unpaired) electrons. The quantitative estimate of drug-likeness (QED) is 0.423. The molecular weight excluding hydrogens is 285 g/mol. The minimum atomic E-state index is -2.97. The monoisotopic (exact) mass is 315 g/mol. The van der Waals surface area contributed by atoms with E-state index < -0.39 is 7.52 Å². The molecule has 0 aromatic heterocycles. The molecule has 1 atom stereocenters. The molecule has 0 aliphatic carbocycles. The fourth-order valence-electron chi connectivity index (χ4n) is 2.50. The topological polar surface area (TPSA) is 38.8 Å². The predicted molar refractivity (Wildman–Crippen MR) is 88.6 cm³/mol. The van der Waals surface area contributed by atoms with Crippen LogP contribution in [-0.4, -0.2) is 35.1 Å². The Morgan fingerprint density at radius 1 is 1.48 bits per heavy atom. The van der Waals surface area contributed by atoms with Gasteiger partial charge in [-0.2, -0.15) is 0 Å². The molecule has 4 nitrogen and oxygen atoms in total. The van der Waals surface area contributed by atoms with Crippen LogP contribution in [0, 0.1) is 0 Å². The summed E-state index contributed by atoms with van der Waals surface area (Å²) in [7, 11) is -2.97. The third-order valence-corrected chi connectivity index (χ3v) is 6.55. The maximum Gasteiger partial charge on any atom is 0.280 e. The SMILES string of the molecule is C=CCO/C(=C\C)CP1(=O)OC(C)(C)CCN1C(C)(C)C. The number of nitrogens with zero attached hydrogens (tertiary/aromatic N) is 1. The summed E-state index contributed by atoms with van der Waals surface area (Å²) in [5.74, 6) is 0.699. The van der Waals surface area contributed by atoms with Gasteiger partial charge in [0, 0.05) is 12.1 Å². The standard InChI is InChI=1S/C16H30NO3P/c1-8-12-19-14(9-2)13-21(18)17(15(3,4)5)11-10-16(6,7)20-21/h8-9H,1,10-13H2,2-7H3/b14-9-. The number of allylic oxidation sites excluding steroid dienone is 2. The van der Waals surface area contributed by atoms with Gasteiger partial charge in [0.15, 0.2) is 0 Å². The summed E-state index contributed by atoms with van der Waals surface area (Å²) >= 11 is 0. The van der Waals surface area contributed by atoms with Gasteiger partial charge in [0.05, 0.1) is 11.8 Å². The van der Waals surface area contributed by atoms with E-state index in [1.54, 1.807) is 6.08 Å². The third-order valence-electron chi connectivity index (χ3n) is 3.52. The van der Waals surface area contributed by atoms with E-state index in [-0.39, 0.29) is 11.1 Å². The molecule has 122 valence electrons. The van der Waals surface area contributed by atoms with Crippen molar-refractivity contribution in [3.8, 4) is 0 Å². The molecular formula is C16H30NO3P. The number of hydrogen-bond donors (Lipinski definition) is 0. The van der Waals surface area contributed by atoms with E-state index in [4.69, 9.17) is 9.26 Å². The summed E-state index contributed by atoms with van der Waals surface area (Å²) in [6.45, 7) is 16.9. The van der Waals surface area contributed by atoms with Crippen LogP contribution in [0.1, 0.15) is 48.0 Å². The largest absolute Gasteiger partial charge is 0.494 e. The molecule has 1 fully saturated rings. The van der Waals surface area contributed by atoms with E-state index in [0.717, 1.165) is 13.0 Å². The van der Waals surface area contributed by atoms with Crippen molar-refractivity contribution in [3.63, 3.8) is 0 Å². The average Bonchev–Trinajstić information content (AvgIpc) is 2.31. The van der Waals surface area contributed by atoms with Gasteiger partial charge in [-0.1, -0.05) is 12.7 Å². The zero-order valence-electron chi connectivity index (χ0n) is 14.3. The van der Waals surface area contributed by atoms with Crippen molar-refractivity contribution >= 4 is 7.52 Å². The first-order valence-electron chi connectivity index (χ1n) is 7.51. The van der Waals surface area contributed by atoms with Crippen molar-refractivity contribution in [2.24, 2.45) is 0 Å². The van der Waals surface area contributed by atoms with Crippen LogP contribution in [0.25, 0.3) is 0 Å². The van der Waals surface area contributed by atoms with E-state index in [1.807, 2.05) is 31.5 Å². The Morgan fingerprint density at radius 3 is 2.57 bits per heavy atom. The van der Waals surface area contributed by atoms with Crippen LogP contribution in [0.5, 0.6) is 0 Å². The van der Waals surface area contributed by atoms with Crippen molar-refractivity contribution in [1.82, 2.24) is 4.67 Å². The molecule has 0 bridgehead atoms. The van der Waals surface area contributed by atoms with Gasteiger partial charge >= 0.3 is 0 Å². The summed E-state index contributed by atoms with van der Waals surface area (Å²) in [6.07, 6.45) is 4.71. The van der Waals surface area contributed by atoms with Gasteiger partial charge in [0.25, 0.3) is 7.52 Å². The first-order chi connectivity index (χ1) is 9.54. The highest BCUT2D eigenvalue weighted by atomic mass is 31.2. The second-order valence-electron chi connectivity index (χ2n) is 7.05. The van der Waals surface area contributed by atoms with Crippen LogP contribution in [0.2, 0.25) is 0 Å². The molecule has 1 saturated heterocycles. The number of rotatable bonds is 5. The molecule has 0 aromatic carbocycles. The Labute approximate surface area is 129 Å². The second-order valence-corrected chi connectivity index (χ2v) is 9.30. The summed E-state index contributed by atoms with van der Waals surface area (Å²) in [5, 5.41) is 0. The van der Waals surface area contributed by atoms with Crippen LogP contribution < -0.4 is 0 Å². The molecule has 0 aromatic rings. The van der Waals surface area contributed by atoms with E-state index in [9.17, 15) is 4.57 Å². The normalized spacial score (nSPS) is 27.4. The molecule has 1 aliphatic rings. The second kappa shape index (κ2) is 6.68. The van der Waals surface area contributed by atoms with Crippen LogP contribution >= 0.6 is 7.52 Å². The Bertz CT molecular complexity index is 449. The molecule has 1 rings (SSSR count). The Hall–Kier alpha value is -0.570. The van der Waals surface area contributed by atoms with Crippen molar-refractivity contribution in [2.75, 3.05) is 19.3 Å². The summed E-state index contributed by atoms with van der Waals surface area (Å²) < 4.78 is 27.2. The van der Waals surface area contributed by atoms with Crippen LogP contribution in [0.15, 0.2) is 24.5 Å². The minimum absolute atomic E-state index is 0.205. The van der Waals surface area contributed by atoms with Gasteiger partial charge < -0.3 is 9.26 Å². The first kappa shape index (κ1) is 18.5.